The summed E-state index contributed by atoms with van der Waals surface area (Å²) in [4.78, 5) is 12.7. The largest absolute Gasteiger partial charge is 0.505 e. The van der Waals surface area contributed by atoms with Crippen molar-refractivity contribution in [2.75, 3.05) is 18.1 Å². The highest BCUT2D eigenvalue weighted by atomic mass is 32.2. The molecule has 180 valence electrons. The molecule has 2 heterocycles. The molecule has 0 aliphatic carbocycles. The van der Waals surface area contributed by atoms with Crippen LogP contribution in [0.2, 0.25) is 0 Å². The van der Waals surface area contributed by atoms with Gasteiger partial charge in [0.25, 0.3) is 15.9 Å². The topological polar surface area (TPSA) is 130 Å². The third-order valence-electron chi connectivity index (χ3n) is 5.36. The van der Waals surface area contributed by atoms with Crippen LogP contribution < -0.4 is 5.32 Å². The van der Waals surface area contributed by atoms with Crippen LogP contribution in [0, 0.1) is 0 Å². The van der Waals surface area contributed by atoms with Gasteiger partial charge >= 0.3 is 0 Å². The number of amides is 1. The molecule has 3 rings (SSSR count). The van der Waals surface area contributed by atoms with Crippen LogP contribution in [0.1, 0.15) is 56.8 Å². The fraction of sp³-hybridized carbons (Fsp3) is 0.455. The van der Waals surface area contributed by atoms with Crippen molar-refractivity contribution in [3.05, 3.63) is 47.4 Å². The van der Waals surface area contributed by atoms with E-state index in [4.69, 9.17) is 4.52 Å². The Morgan fingerprint density at radius 3 is 2.64 bits per heavy atom. The maximum absolute atomic E-state index is 12.8. The number of anilines is 1. The number of aliphatic hydroxyl groups is 1. The standard InChI is InChI=1S/C22H29N3O6S2/c1-3-4-5-6-7-10-13-32(28)15-16-14-19(24-31-16)23-22(27)20-21(26)17-11-8-9-12-18(17)33(29,30)25(20)2/h8-9,11-12,14,26H,3-7,10,13,15H2,1-2H3,(H,23,24,27). The van der Waals surface area contributed by atoms with E-state index in [1.807, 2.05) is 0 Å². The first-order chi connectivity index (χ1) is 15.8. The number of hydrogen-bond acceptors (Lipinski definition) is 7. The minimum atomic E-state index is -4.00. The highest BCUT2D eigenvalue weighted by molar-refractivity contribution is 7.89. The van der Waals surface area contributed by atoms with Gasteiger partial charge in [-0.3, -0.25) is 13.3 Å². The molecule has 1 aromatic heterocycles. The Hall–Kier alpha value is -2.66. The van der Waals surface area contributed by atoms with Crippen molar-refractivity contribution in [3.63, 3.8) is 0 Å². The molecule has 0 radical (unpaired) electrons. The zero-order valence-electron chi connectivity index (χ0n) is 18.7. The molecule has 1 amide bonds. The molecule has 1 aromatic carbocycles. The Kier molecular flexibility index (Phi) is 8.30. The van der Waals surface area contributed by atoms with Gasteiger partial charge in [0.1, 0.15) is 0 Å². The maximum Gasteiger partial charge on any atom is 0.278 e. The van der Waals surface area contributed by atoms with E-state index < -0.39 is 38.2 Å². The van der Waals surface area contributed by atoms with Crippen molar-refractivity contribution in [1.82, 2.24) is 9.46 Å². The molecule has 9 nitrogen and oxygen atoms in total. The molecule has 33 heavy (non-hydrogen) atoms. The van der Waals surface area contributed by atoms with Gasteiger partial charge in [-0.2, -0.15) is 0 Å². The lowest BCUT2D eigenvalue weighted by Gasteiger charge is -2.28. The molecule has 1 aliphatic heterocycles. The van der Waals surface area contributed by atoms with E-state index in [-0.39, 0.29) is 22.0 Å². The number of likely N-dealkylation sites (N-methyl/N-ethyl adjacent to an activating group) is 1. The normalized spacial score (nSPS) is 15.9. The molecular formula is C22H29N3O6S2. The monoisotopic (exact) mass is 495 g/mol. The van der Waals surface area contributed by atoms with E-state index in [2.05, 4.69) is 17.4 Å². The summed E-state index contributed by atoms with van der Waals surface area (Å²) in [6.07, 6.45) is 6.67. The van der Waals surface area contributed by atoms with Gasteiger partial charge in [0.2, 0.25) is 0 Å². The average Bonchev–Trinajstić information content (AvgIpc) is 3.21. The van der Waals surface area contributed by atoms with Gasteiger partial charge in [0.05, 0.1) is 10.6 Å². The molecule has 0 fully saturated rings. The molecule has 11 heteroatoms. The first-order valence-electron chi connectivity index (χ1n) is 10.9. The zero-order chi connectivity index (χ0) is 24.0. The van der Waals surface area contributed by atoms with Crippen LogP contribution in [0.4, 0.5) is 5.82 Å². The summed E-state index contributed by atoms with van der Waals surface area (Å²) >= 11 is 0. The summed E-state index contributed by atoms with van der Waals surface area (Å²) in [7, 11) is -3.92. The van der Waals surface area contributed by atoms with Gasteiger partial charge in [-0.1, -0.05) is 56.3 Å². The molecule has 1 atom stereocenters. The molecule has 0 saturated heterocycles. The van der Waals surface area contributed by atoms with Crippen molar-refractivity contribution >= 4 is 38.3 Å². The second-order valence-corrected chi connectivity index (χ2v) is 11.4. The maximum atomic E-state index is 12.8. The number of fused-ring (bicyclic) bond motifs is 1. The second-order valence-electron chi connectivity index (χ2n) is 7.85. The third kappa shape index (κ3) is 5.83. The van der Waals surface area contributed by atoms with Gasteiger partial charge < -0.3 is 14.9 Å². The summed E-state index contributed by atoms with van der Waals surface area (Å²) in [6, 6.07) is 7.34. The lowest BCUT2D eigenvalue weighted by Crippen LogP contribution is -2.37. The van der Waals surface area contributed by atoms with Gasteiger partial charge in [0, 0.05) is 35.2 Å². The SMILES string of the molecule is CCCCCCCCS(=O)Cc1cc(NC(=O)C2=C(O)c3ccccc3S(=O)(=O)N2C)no1. The fourth-order valence-corrected chi connectivity index (χ4v) is 6.09. The van der Waals surface area contributed by atoms with Crippen LogP contribution in [-0.2, 0) is 31.4 Å². The molecule has 2 N–H and O–H groups in total. The number of carbonyl (C=O) groups excluding carboxylic acids is 1. The number of rotatable bonds is 11. The molecule has 1 aliphatic rings. The number of aliphatic hydroxyl groups excluding tert-OH is 1. The van der Waals surface area contributed by atoms with E-state index in [0.717, 1.165) is 23.6 Å². The Bertz CT molecular complexity index is 1160. The summed E-state index contributed by atoms with van der Waals surface area (Å²) < 4.78 is 43.6. The number of hydrogen-bond donors (Lipinski definition) is 2. The van der Waals surface area contributed by atoms with Crippen LogP contribution in [0.25, 0.3) is 5.76 Å². The lowest BCUT2D eigenvalue weighted by atomic mass is 10.1. The summed E-state index contributed by atoms with van der Waals surface area (Å²) in [5.74, 6) is -0.185. The van der Waals surface area contributed by atoms with Crippen molar-refractivity contribution in [1.29, 1.82) is 0 Å². The minimum Gasteiger partial charge on any atom is -0.505 e. The van der Waals surface area contributed by atoms with Gasteiger partial charge in [-0.15, -0.1) is 0 Å². The Balaban J connectivity index is 1.62. The Morgan fingerprint density at radius 1 is 1.18 bits per heavy atom. The molecule has 0 bridgehead atoms. The van der Waals surface area contributed by atoms with Gasteiger partial charge in [-0.25, -0.2) is 8.42 Å². The number of benzene rings is 1. The summed E-state index contributed by atoms with van der Waals surface area (Å²) in [5.41, 5.74) is -0.378. The Labute approximate surface area is 196 Å². The van der Waals surface area contributed by atoms with Crippen molar-refractivity contribution < 1.29 is 27.1 Å². The number of nitrogens with zero attached hydrogens (tertiary/aromatic N) is 2. The third-order valence-corrected chi connectivity index (χ3v) is 8.53. The highest BCUT2D eigenvalue weighted by Crippen LogP contribution is 2.34. The van der Waals surface area contributed by atoms with E-state index in [0.29, 0.717) is 11.5 Å². The van der Waals surface area contributed by atoms with Crippen molar-refractivity contribution in [3.8, 4) is 0 Å². The van der Waals surface area contributed by atoms with Gasteiger partial charge in [0.15, 0.2) is 23.0 Å². The van der Waals surface area contributed by atoms with Crippen LogP contribution in [0.15, 0.2) is 45.4 Å². The predicted molar refractivity (Wildman–Crippen MR) is 126 cm³/mol. The van der Waals surface area contributed by atoms with Crippen LogP contribution in [0.5, 0.6) is 0 Å². The number of unbranched alkanes of at least 4 members (excludes halogenated alkanes) is 5. The summed E-state index contributed by atoms with van der Waals surface area (Å²) in [6.45, 7) is 2.16. The average molecular weight is 496 g/mol. The lowest BCUT2D eigenvalue weighted by molar-refractivity contribution is -0.113. The van der Waals surface area contributed by atoms with Crippen LogP contribution in [0.3, 0.4) is 0 Å². The number of carbonyl (C=O) groups is 1. The Morgan fingerprint density at radius 2 is 1.88 bits per heavy atom. The van der Waals surface area contributed by atoms with Crippen molar-refractivity contribution in [2.45, 2.75) is 56.1 Å². The van der Waals surface area contributed by atoms with E-state index >= 15 is 0 Å². The van der Waals surface area contributed by atoms with Crippen molar-refractivity contribution in [2.24, 2.45) is 0 Å². The quantitative estimate of drug-likeness (QED) is 0.454. The van der Waals surface area contributed by atoms with E-state index in [1.54, 1.807) is 6.07 Å². The molecular weight excluding hydrogens is 466 g/mol. The molecule has 2 aromatic rings. The van der Waals surface area contributed by atoms with Crippen LogP contribution in [-0.4, -0.2) is 45.9 Å². The minimum absolute atomic E-state index is 0.0384. The molecule has 1 unspecified atom stereocenters. The number of aromatic nitrogens is 1. The van der Waals surface area contributed by atoms with E-state index in [1.165, 1.54) is 50.6 Å². The first kappa shape index (κ1) is 25.0. The van der Waals surface area contributed by atoms with Gasteiger partial charge in [-0.05, 0) is 18.6 Å². The smallest absolute Gasteiger partial charge is 0.278 e. The summed E-state index contributed by atoms with van der Waals surface area (Å²) in [5, 5.41) is 16.8. The first-order valence-corrected chi connectivity index (χ1v) is 13.8. The molecule has 0 spiro atoms. The van der Waals surface area contributed by atoms with Crippen LogP contribution >= 0.6 is 0 Å². The number of sulfonamides is 1. The van der Waals surface area contributed by atoms with E-state index in [9.17, 15) is 22.5 Å². The number of nitrogens with one attached hydrogen (secondary N) is 1. The second kappa shape index (κ2) is 11.0. The predicted octanol–water partition coefficient (Wildman–Crippen LogP) is 3.78. The highest BCUT2D eigenvalue weighted by Gasteiger charge is 2.37. The fourth-order valence-electron chi connectivity index (χ4n) is 3.57. The molecule has 0 saturated carbocycles. The zero-order valence-corrected chi connectivity index (χ0v) is 20.4.